The Morgan fingerprint density at radius 3 is 2.42 bits per heavy atom. The predicted octanol–water partition coefficient (Wildman–Crippen LogP) is 2.65. The van der Waals surface area contributed by atoms with Crippen LogP contribution in [0.25, 0.3) is 0 Å². The van der Waals surface area contributed by atoms with E-state index in [0.29, 0.717) is 17.8 Å². The number of rotatable bonds is 4. The molecule has 2 heterocycles. The number of benzene rings is 1. The summed E-state index contributed by atoms with van der Waals surface area (Å²) in [6, 6.07) is 7.06. The first-order valence-electron chi connectivity index (χ1n) is 9.26. The highest BCUT2D eigenvalue weighted by molar-refractivity contribution is 5.95. The summed E-state index contributed by atoms with van der Waals surface area (Å²) < 4.78 is 5.04. The number of nitrogens with one attached hydrogen (secondary N) is 2. The van der Waals surface area contributed by atoms with E-state index in [1.807, 2.05) is 31.2 Å². The van der Waals surface area contributed by atoms with Gasteiger partial charge >= 0.3 is 12.0 Å². The Bertz CT molecular complexity index is 689. The fourth-order valence-electron chi connectivity index (χ4n) is 3.62. The van der Waals surface area contributed by atoms with Crippen LogP contribution in [0.3, 0.4) is 0 Å². The van der Waals surface area contributed by atoms with Crippen LogP contribution in [-0.2, 0) is 9.53 Å². The van der Waals surface area contributed by atoms with Crippen LogP contribution in [0, 0.1) is 6.92 Å². The van der Waals surface area contributed by atoms with Gasteiger partial charge < -0.3 is 15.4 Å². The summed E-state index contributed by atoms with van der Waals surface area (Å²) in [5, 5.41) is 5.72. The zero-order valence-electron chi connectivity index (χ0n) is 15.5. The molecule has 2 aliphatic heterocycles. The Morgan fingerprint density at radius 1 is 1.15 bits per heavy atom. The van der Waals surface area contributed by atoms with E-state index in [9.17, 15) is 9.59 Å². The Morgan fingerprint density at radius 2 is 1.81 bits per heavy atom. The number of carbonyl (C=O) groups is 2. The van der Waals surface area contributed by atoms with Gasteiger partial charge in [0.2, 0.25) is 0 Å². The number of methoxy groups -OCH3 is 1. The van der Waals surface area contributed by atoms with Gasteiger partial charge in [0.15, 0.2) is 0 Å². The van der Waals surface area contributed by atoms with Crippen molar-refractivity contribution in [2.45, 2.75) is 38.6 Å². The lowest BCUT2D eigenvalue weighted by atomic mass is 9.94. The molecule has 0 saturated carbocycles. The quantitative estimate of drug-likeness (QED) is 0.813. The SMILES string of the molecule is COC(=O)C1=C(CN2CCCCCC2)NC(=O)NC1c1ccc(C)cc1. The number of carbonyl (C=O) groups excluding carboxylic acids is 2. The molecule has 2 N–H and O–H groups in total. The van der Waals surface area contributed by atoms with Gasteiger partial charge in [-0.05, 0) is 38.4 Å². The van der Waals surface area contributed by atoms with Crippen molar-refractivity contribution in [2.24, 2.45) is 0 Å². The van der Waals surface area contributed by atoms with Crippen LogP contribution >= 0.6 is 0 Å². The summed E-state index contributed by atoms with van der Waals surface area (Å²) in [6.45, 7) is 4.53. The standard InChI is InChI=1S/C20H27N3O3/c1-14-7-9-15(10-8-14)18-17(19(24)26-2)16(21-20(25)22-18)13-23-11-5-3-4-6-12-23/h7-10,18H,3-6,11-13H2,1-2H3,(H2,21,22,25). The number of urea groups is 1. The molecule has 2 amide bonds. The van der Waals surface area contributed by atoms with Gasteiger partial charge in [0.25, 0.3) is 0 Å². The second-order valence-corrected chi connectivity index (χ2v) is 7.02. The molecule has 0 spiro atoms. The number of likely N-dealkylation sites (tertiary alicyclic amines) is 1. The molecule has 1 unspecified atom stereocenters. The van der Waals surface area contributed by atoms with Crippen LogP contribution in [0.4, 0.5) is 4.79 Å². The van der Waals surface area contributed by atoms with Crippen LogP contribution in [-0.4, -0.2) is 43.6 Å². The van der Waals surface area contributed by atoms with Crippen LogP contribution in [0.2, 0.25) is 0 Å². The van der Waals surface area contributed by atoms with Crippen molar-refractivity contribution in [3.8, 4) is 0 Å². The first-order valence-corrected chi connectivity index (χ1v) is 9.26. The lowest BCUT2D eigenvalue weighted by Gasteiger charge is -2.31. The van der Waals surface area contributed by atoms with Gasteiger partial charge in [-0.15, -0.1) is 0 Å². The summed E-state index contributed by atoms with van der Waals surface area (Å²) in [6.07, 6.45) is 4.77. The molecule has 6 nitrogen and oxygen atoms in total. The maximum Gasteiger partial charge on any atom is 0.338 e. The third-order valence-corrected chi connectivity index (χ3v) is 5.05. The third kappa shape index (κ3) is 4.25. The molecule has 1 aromatic rings. The first-order chi connectivity index (χ1) is 12.6. The molecule has 140 valence electrons. The zero-order chi connectivity index (χ0) is 18.5. The van der Waals surface area contributed by atoms with Gasteiger partial charge in [-0.1, -0.05) is 42.7 Å². The van der Waals surface area contributed by atoms with Crippen molar-refractivity contribution >= 4 is 12.0 Å². The van der Waals surface area contributed by atoms with E-state index in [1.54, 1.807) is 0 Å². The minimum Gasteiger partial charge on any atom is -0.466 e. The normalized spacial score (nSPS) is 21.6. The topological polar surface area (TPSA) is 70.7 Å². The highest BCUT2D eigenvalue weighted by Crippen LogP contribution is 2.28. The lowest BCUT2D eigenvalue weighted by Crippen LogP contribution is -2.48. The van der Waals surface area contributed by atoms with E-state index in [-0.39, 0.29) is 6.03 Å². The molecule has 3 rings (SSSR count). The molecule has 0 aromatic heterocycles. The summed E-state index contributed by atoms with van der Waals surface area (Å²) in [5.41, 5.74) is 3.13. The molecular weight excluding hydrogens is 330 g/mol. The Labute approximate surface area is 154 Å². The molecule has 6 heteroatoms. The second kappa shape index (κ2) is 8.36. The van der Waals surface area contributed by atoms with Crippen LogP contribution in [0.5, 0.6) is 0 Å². The molecular formula is C20H27N3O3. The maximum atomic E-state index is 12.6. The first kappa shape index (κ1) is 18.5. The van der Waals surface area contributed by atoms with Crippen molar-refractivity contribution in [1.82, 2.24) is 15.5 Å². The van der Waals surface area contributed by atoms with Gasteiger partial charge in [0.05, 0.1) is 18.7 Å². The number of hydrogen-bond donors (Lipinski definition) is 2. The van der Waals surface area contributed by atoms with Gasteiger partial charge in [0, 0.05) is 12.2 Å². The molecule has 1 fully saturated rings. The summed E-state index contributed by atoms with van der Waals surface area (Å²) in [4.78, 5) is 27.1. The zero-order valence-corrected chi connectivity index (χ0v) is 15.5. The summed E-state index contributed by atoms with van der Waals surface area (Å²) in [5.74, 6) is -0.409. The molecule has 0 bridgehead atoms. The number of aryl methyl sites for hydroxylation is 1. The molecule has 0 radical (unpaired) electrons. The van der Waals surface area contributed by atoms with Gasteiger partial charge in [-0.3, -0.25) is 4.90 Å². The fourth-order valence-corrected chi connectivity index (χ4v) is 3.62. The van der Waals surface area contributed by atoms with Crippen molar-refractivity contribution in [3.63, 3.8) is 0 Å². The van der Waals surface area contributed by atoms with Gasteiger partial charge in [0.1, 0.15) is 0 Å². The highest BCUT2D eigenvalue weighted by Gasteiger charge is 2.34. The number of ether oxygens (including phenoxy) is 1. The molecule has 1 atom stereocenters. The molecule has 0 aliphatic carbocycles. The molecule has 1 aromatic carbocycles. The number of hydrogen-bond acceptors (Lipinski definition) is 4. The minimum absolute atomic E-state index is 0.284. The highest BCUT2D eigenvalue weighted by atomic mass is 16.5. The Hall–Kier alpha value is -2.34. The average molecular weight is 357 g/mol. The van der Waals surface area contributed by atoms with Crippen molar-refractivity contribution in [2.75, 3.05) is 26.7 Å². The minimum atomic E-state index is -0.501. The van der Waals surface area contributed by atoms with E-state index >= 15 is 0 Å². The molecule has 26 heavy (non-hydrogen) atoms. The summed E-state index contributed by atoms with van der Waals surface area (Å²) >= 11 is 0. The third-order valence-electron chi connectivity index (χ3n) is 5.05. The smallest absolute Gasteiger partial charge is 0.338 e. The molecule has 1 saturated heterocycles. The Balaban J connectivity index is 1.95. The van der Waals surface area contributed by atoms with Crippen molar-refractivity contribution in [3.05, 3.63) is 46.7 Å². The predicted molar refractivity (Wildman–Crippen MR) is 99.5 cm³/mol. The van der Waals surface area contributed by atoms with Crippen LogP contribution < -0.4 is 10.6 Å². The van der Waals surface area contributed by atoms with Gasteiger partial charge in [-0.25, -0.2) is 9.59 Å². The van der Waals surface area contributed by atoms with E-state index in [4.69, 9.17) is 4.74 Å². The van der Waals surface area contributed by atoms with Gasteiger partial charge in [-0.2, -0.15) is 0 Å². The monoisotopic (exact) mass is 357 g/mol. The van der Waals surface area contributed by atoms with E-state index < -0.39 is 12.0 Å². The Kier molecular flexibility index (Phi) is 5.93. The van der Waals surface area contributed by atoms with Crippen LogP contribution in [0.1, 0.15) is 42.9 Å². The average Bonchev–Trinajstić information content (AvgIpc) is 2.90. The van der Waals surface area contributed by atoms with E-state index in [2.05, 4.69) is 15.5 Å². The fraction of sp³-hybridized carbons (Fsp3) is 0.500. The van der Waals surface area contributed by atoms with Crippen molar-refractivity contribution in [1.29, 1.82) is 0 Å². The maximum absolute atomic E-state index is 12.6. The molecule has 2 aliphatic rings. The van der Waals surface area contributed by atoms with Crippen LogP contribution in [0.15, 0.2) is 35.5 Å². The van der Waals surface area contributed by atoms with Crippen molar-refractivity contribution < 1.29 is 14.3 Å². The number of amides is 2. The van der Waals surface area contributed by atoms with E-state index in [1.165, 1.54) is 20.0 Å². The number of esters is 1. The summed E-state index contributed by atoms with van der Waals surface area (Å²) in [7, 11) is 1.38. The largest absolute Gasteiger partial charge is 0.466 e. The second-order valence-electron chi connectivity index (χ2n) is 7.02. The lowest BCUT2D eigenvalue weighted by molar-refractivity contribution is -0.136. The number of nitrogens with zero attached hydrogens (tertiary/aromatic N) is 1. The van der Waals surface area contributed by atoms with E-state index in [0.717, 1.165) is 37.1 Å².